The zero-order valence-corrected chi connectivity index (χ0v) is 11.1. The summed E-state index contributed by atoms with van der Waals surface area (Å²) in [7, 11) is 0. The summed E-state index contributed by atoms with van der Waals surface area (Å²) < 4.78 is 0. The summed E-state index contributed by atoms with van der Waals surface area (Å²) in [5, 5.41) is 3.61. The van der Waals surface area contributed by atoms with Crippen LogP contribution in [-0.2, 0) is 0 Å². The zero-order valence-electron chi connectivity index (χ0n) is 11.1. The van der Waals surface area contributed by atoms with E-state index in [9.17, 15) is 0 Å². The van der Waals surface area contributed by atoms with Crippen molar-refractivity contribution in [2.45, 2.75) is 59.4 Å². The highest BCUT2D eigenvalue weighted by molar-refractivity contribution is 4.73. The van der Waals surface area contributed by atoms with E-state index in [-0.39, 0.29) is 0 Å². The third-order valence-electron chi connectivity index (χ3n) is 3.12. The molecule has 0 radical (unpaired) electrons. The molecular weight excluding hydrogens is 184 g/mol. The molecule has 15 heavy (non-hydrogen) atoms. The summed E-state index contributed by atoms with van der Waals surface area (Å²) in [4.78, 5) is 0. The van der Waals surface area contributed by atoms with E-state index in [1.54, 1.807) is 0 Å². The predicted molar refractivity (Wildman–Crippen MR) is 69.0 cm³/mol. The topological polar surface area (TPSA) is 38.0 Å². The molecule has 0 aliphatic rings. The van der Waals surface area contributed by atoms with Crippen molar-refractivity contribution >= 4 is 0 Å². The molecule has 1 atom stereocenters. The normalized spacial score (nSPS) is 13.8. The van der Waals surface area contributed by atoms with Crippen LogP contribution in [0.1, 0.15) is 53.4 Å². The van der Waals surface area contributed by atoms with E-state index < -0.39 is 0 Å². The number of hydrogen-bond acceptors (Lipinski definition) is 2. The first kappa shape index (κ1) is 14.9. The Morgan fingerprint density at radius 3 is 1.93 bits per heavy atom. The second kappa shape index (κ2) is 9.17. The van der Waals surface area contributed by atoms with Crippen molar-refractivity contribution in [3.63, 3.8) is 0 Å². The first-order chi connectivity index (χ1) is 7.15. The van der Waals surface area contributed by atoms with Gasteiger partial charge in [0.2, 0.25) is 0 Å². The minimum atomic E-state index is 0.487. The van der Waals surface area contributed by atoms with Gasteiger partial charge in [-0.1, -0.05) is 40.5 Å². The largest absolute Gasteiger partial charge is 0.329 e. The number of nitrogens with two attached hydrogens (primary N) is 1. The Hall–Kier alpha value is -0.0800. The first-order valence-corrected chi connectivity index (χ1v) is 6.59. The van der Waals surface area contributed by atoms with E-state index in [0.29, 0.717) is 12.0 Å². The molecule has 0 aliphatic heterocycles. The van der Waals surface area contributed by atoms with Crippen molar-refractivity contribution in [1.82, 2.24) is 5.32 Å². The third kappa shape index (κ3) is 6.91. The molecule has 0 amide bonds. The van der Waals surface area contributed by atoms with Crippen LogP contribution in [-0.4, -0.2) is 19.1 Å². The van der Waals surface area contributed by atoms with Crippen molar-refractivity contribution in [3.05, 3.63) is 0 Å². The minimum Gasteiger partial charge on any atom is -0.329 e. The summed E-state index contributed by atoms with van der Waals surface area (Å²) in [6.07, 6.45) is 5.27. The lowest BCUT2D eigenvalue weighted by Crippen LogP contribution is -2.42. The maximum absolute atomic E-state index is 5.75. The van der Waals surface area contributed by atoms with Gasteiger partial charge < -0.3 is 11.1 Å². The van der Waals surface area contributed by atoms with Gasteiger partial charge >= 0.3 is 0 Å². The molecule has 0 aromatic rings. The van der Waals surface area contributed by atoms with Crippen LogP contribution in [0.3, 0.4) is 0 Å². The smallest absolute Gasteiger partial charge is 0.0213 e. The molecule has 0 spiro atoms. The van der Waals surface area contributed by atoms with Crippen LogP contribution >= 0.6 is 0 Å². The van der Waals surface area contributed by atoms with Crippen molar-refractivity contribution < 1.29 is 0 Å². The van der Waals surface area contributed by atoms with Gasteiger partial charge in [0.1, 0.15) is 0 Å². The Balaban J connectivity index is 3.84. The van der Waals surface area contributed by atoms with Crippen molar-refractivity contribution in [2.75, 3.05) is 13.1 Å². The molecule has 0 aromatic heterocycles. The highest BCUT2D eigenvalue weighted by Crippen LogP contribution is 2.13. The lowest BCUT2D eigenvalue weighted by Gasteiger charge is -2.24. The summed E-state index contributed by atoms with van der Waals surface area (Å²) in [6.45, 7) is 10.9. The summed E-state index contributed by atoms with van der Waals surface area (Å²) in [5.74, 6) is 1.48. The lowest BCUT2D eigenvalue weighted by atomic mass is 9.97. The molecule has 0 saturated heterocycles. The molecule has 0 bridgehead atoms. The Labute approximate surface area is 96.0 Å². The molecule has 2 nitrogen and oxygen atoms in total. The monoisotopic (exact) mass is 214 g/mol. The van der Waals surface area contributed by atoms with E-state index in [4.69, 9.17) is 5.73 Å². The van der Waals surface area contributed by atoms with Gasteiger partial charge in [0.15, 0.2) is 0 Å². The molecule has 0 aliphatic carbocycles. The fraction of sp³-hybridized carbons (Fsp3) is 1.00. The molecule has 3 N–H and O–H groups in total. The first-order valence-electron chi connectivity index (χ1n) is 6.59. The molecule has 0 heterocycles. The van der Waals surface area contributed by atoms with Crippen molar-refractivity contribution in [1.29, 1.82) is 0 Å². The van der Waals surface area contributed by atoms with Crippen LogP contribution in [0.5, 0.6) is 0 Å². The molecule has 0 saturated carbocycles. The lowest BCUT2D eigenvalue weighted by molar-refractivity contribution is 0.342. The Kier molecular flexibility index (Phi) is 9.12. The molecule has 0 fully saturated rings. The number of rotatable bonds is 9. The maximum Gasteiger partial charge on any atom is 0.0213 e. The Morgan fingerprint density at radius 1 is 1.07 bits per heavy atom. The van der Waals surface area contributed by atoms with Crippen LogP contribution < -0.4 is 11.1 Å². The van der Waals surface area contributed by atoms with Crippen LogP contribution in [0.2, 0.25) is 0 Å². The molecular formula is C13H30N2. The van der Waals surface area contributed by atoms with Gasteiger partial charge in [0, 0.05) is 12.6 Å². The van der Waals surface area contributed by atoms with Crippen LogP contribution in [0.25, 0.3) is 0 Å². The molecule has 92 valence electrons. The van der Waals surface area contributed by atoms with Gasteiger partial charge in [-0.05, 0) is 31.2 Å². The van der Waals surface area contributed by atoms with Crippen LogP contribution in [0, 0.1) is 11.8 Å². The maximum atomic E-state index is 5.75. The standard InChI is InChI=1S/C13H30N2/c1-5-7-12(8-6-2)10-15-13(9-14)11(3)4/h11-13,15H,5-10,14H2,1-4H3. The Bertz CT molecular complexity index is 128. The van der Waals surface area contributed by atoms with Gasteiger partial charge in [-0.3, -0.25) is 0 Å². The molecule has 0 rings (SSSR count). The highest BCUT2D eigenvalue weighted by Gasteiger charge is 2.13. The molecule has 2 heteroatoms. The molecule has 0 aromatic carbocycles. The quantitative estimate of drug-likeness (QED) is 0.619. The fourth-order valence-electron chi connectivity index (χ4n) is 2.07. The second-order valence-corrected chi connectivity index (χ2v) is 4.94. The van der Waals surface area contributed by atoms with E-state index in [1.165, 1.54) is 25.7 Å². The minimum absolute atomic E-state index is 0.487. The Morgan fingerprint density at radius 2 is 1.60 bits per heavy atom. The van der Waals surface area contributed by atoms with E-state index in [2.05, 4.69) is 33.0 Å². The number of hydrogen-bond donors (Lipinski definition) is 2. The van der Waals surface area contributed by atoms with Crippen LogP contribution in [0.15, 0.2) is 0 Å². The average Bonchev–Trinajstić information content (AvgIpc) is 2.18. The van der Waals surface area contributed by atoms with E-state index in [1.807, 2.05) is 0 Å². The van der Waals surface area contributed by atoms with Gasteiger partial charge in [-0.15, -0.1) is 0 Å². The predicted octanol–water partition coefficient (Wildman–Crippen LogP) is 2.78. The highest BCUT2D eigenvalue weighted by atomic mass is 14.9. The third-order valence-corrected chi connectivity index (χ3v) is 3.12. The van der Waals surface area contributed by atoms with Gasteiger partial charge in [0.05, 0.1) is 0 Å². The van der Waals surface area contributed by atoms with Crippen molar-refractivity contribution in [2.24, 2.45) is 17.6 Å². The summed E-state index contributed by atoms with van der Waals surface area (Å²) in [5.41, 5.74) is 5.75. The zero-order chi connectivity index (χ0) is 11.7. The van der Waals surface area contributed by atoms with E-state index in [0.717, 1.165) is 19.0 Å². The van der Waals surface area contributed by atoms with Crippen LogP contribution in [0.4, 0.5) is 0 Å². The second-order valence-electron chi connectivity index (χ2n) is 4.94. The average molecular weight is 214 g/mol. The number of nitrogens with one attached hydrogen (secondary N) is 1. The molecule has 1 unspecified atom stereocenters. The van der Waals surface area contributed by atoms with Crippen molar-refractivity contribution in [3.8, 4) is 0 Å². The fourth-order valence-corrected chi connectivity index (χ4v) is 2.07. The van der Waals surface area contributed by atoms with E-state index >= 15 is 0 Å². The van der Waals surface area contributed by atoms with Gasteiger partial charge in [0.25, 0.3) is 0 Å². The SMILES string of the molecule is CCCC(CCC)CNC(CN)C(C)C. The van der Waals surface area contributed by atoms with Gasteiger partial charge in [-0.2, -0.15) is 0 Å². The summed E-state index contributed by atoms with van der Waals surface area (Å²) >= 11 is 0. The van der Waals surface area contributed by atoms with Gasteiger partial charge in [-0.25, -0.2) is 0 Å². The summed E-state index contributed by atoms with van der Waals surface area (Å²) in [6, 6.07) is 0.487.